The van der Waals surface area contributed by atoms with Gasteiger partial charge >= 0.3 is 0 Å². The van der Waals surface area contributed by atoms with Crippen molar-refractivity contribution in [1.29, 1.82) is 0 Å². The van der Waals surface area contributed by atoms with Crippen LogP contribution in [-0.4, -0.2) is 29.2 Å². The van der Waals surface area contributed by atoms with Gasteiger partial charge in [-0.05, 0) is 36.6 Å². The minimum Gasteiger partial charge on any atom is -0.457 e. The van der Waals surface area contributed by atoms with Crippen molar-refractivity contribution in [2.45, 2.75) is 19.3 Å². The van der Waals surface area contributed by atoms with Crippen LogP contribution in [0.2, 0.25) is 0 Å². The van der Waals surface area contributed by atoms with Crippen molar-refractivity contribution in [3.8, 4) is 5.75 Å². The monoisotopic (exact) mass is 311 g/mol. The predicted molar refractivity (Wildman–Crippen MR) is 85.4 cm³/mol. The summed E-state index contributed by atoms with van der Waals surface area (Å²) in [6.45, 7) is 0.769. The number of nitrogens with zero attached hydrogens (tertiary/aromatic N) is 2. The molecule has 0 radical (unpaired) electrons. The molecule has 2 heterocycles. The van der Waals surface area contributed by atoms with Crippen LogP contribution < -0.4 is 10.1 Å². The molecule has 118 valence electrons. The highest BCUT2D eigenvalue weighted by molar-refractivity contribution is 5.69. The van der Waals surface area contributed by atoms with E-state index in [0.29, 0.717) is 30.2 Å². The van der Waals surface area contributed by atoms with E-state index >= 15 is 0 Å². The fourth-order valence-electron chi connectivity index (χ4n) is 2.74. The molecule has 0 saturated carbocycles. The second-order valence-corrected chi connectivity index (χ2v) is 5.27. The highest BCUT2D eigenvalue weighted by Crippen LogP contribution is 2.29. The number of allylic oxidation sites excluding steroid dienone is 4. The average molecular weight is 311 g/mol. The van der Waals surface area contributed by atoms with Gasteiger partial charge in [0.05, 0.1) is 0 Å². The summed E-state index contributed by atoms with van der Waals surface area (Å²) in [4.78, 5) is 27.4. The molecule has 1 aromatic heterocycles. The van der Waals surface area contributed by atoms with Gasteiger partial charge in [0.25, 0.3) is 0 Å². The highest BCUT2D eigenvalue weighted by Gasteiger charge is 2.19. The van der Waals surface area contributed by atoms with Gasteiger partial charge in [0, 0.05) is 30.9 Å². The van der Waals surface area contributed by atoms with E-state index in [-0.39, 0.29) is 0 Å². The summed E-state index contributed by atoms with van der Waals surface area (Å²) in [5.74, 6) is 1.72. The van der Waals surface area contributed by atoms with E-state index in [9.17, 15) is 9.59 Å². The van der Waals surface area contributed by atoms with Crippen molar-refractivity contribution < 1.29 is 14.3 Å². The summed E-state index contributed by atoms with van der Waals surface area (Å²) in [7, 11) is 0. The van der Waals surface area contributed by atoms with E-state index in [1.165, 1.54) is 0 Å². The Hall–Kier alpha value is -2.89. The lowest BCUT2D eigenvalue weighted by molar-refractivity contribution is -0.116. The van der Waals surface area contributed by atoms with Crippen LogP contribution in [0.4, 0.5) is 5.82 Å². The van der Waals surface area contributed by atoms with Gasteiger partial charge in [0.15, 0.2) is 0 Å². The lowest BCUT2D eigenvalue weighted by Gasteiger charge is -2.27. The minimum atomic E-state index is 0.431. The van der Waals surface area contributed by atoms with E-state index in [0.717, 1.165) is 37.1 Å². The first-order valence-corrected chi connectivity index (χ1v) is 7.46. The number of hydrogen-bond donors (Lipinski definition) is 1. The van der Waals surface area contributed by atoms with Crippen molar-refractivity contribution in [3.05, 3.63) is 53.6 Å². The fourth-order valence-corrected chi connectivity index (χ4v) is 2.74. The first-order valence-electron chi connectivity index (χ1n) is 7.46. The van der Waals surface area contributed by atoms with Crippen LogP contribution >= 0.6 is 0 Å². The van der Waals surface area contributed by atoms with Gasteiger partial charge in [-0.3, -0.25) is 9.59 Å². The van der Waals surface area contributed by atoms with Crippen LogP contribution in [0.15, 0.2) is 53.6 Å². The number of pyridine rings is 1. The molecule has 2 aliphatic rings. The van der Waals surface area contributed by atoms with Gasteiger partial charge in [-0.1, -0.05) is 6.08 Å². The van der Waals surface area contributed by atoms with Crippen LogP contribution in [0.3, 0.4) is 0 Å². The number of rotatable bonds is 5. The number of amides is 2. The number of nitrogens with one attached hydrogen (secondary N) is 1. The molecule has 23 heavy (non-hydrogen) atoms. The molecular formula is C17H17N3O3. The molecule has 3 rings (SSSR count). The zero-order valence-corrected chi connectivity index (χ0v) is 12.6. The normalized spacial score (nSPS) is 17.0. The minimum absolute atomic E-state index is 0.431. The highest BCUT2D eigenvalue weighted by atomic mass is 16.5. The zero-order valence-electron chi connectivity index (χ0n) is 12.6. The Morgan fingerprint density at radius 3 is 3.09 bits per heavy atom. The van der Waals surface area contributed by atoms with Gasteiger partial charge < -0.3 is 15.0 Å². The number of carbonyl (C=O) groups is 2. The summed E-state index contributed by atoms with van der Waals surface area (Å²) in [5.41, 5.74) is 2.17. The molecule has 2 amide bonds. The van der Waals surface area contributed by atoms with Gasteiger partial charge in [-0.15, -0.1) is 0 Å². The Morgan fingerprint density at radius 2 is 2.26 bits per heavy atom. The Morgan fingerprint density at radius 1 is 1.35 bits per heavy atom. The van der Waals surface area contributed by atoms with Crippen LogP contribution in [-0.2, 0) is 9.59 Å². The van der Waals surface area contributed by atoms with E-state index < -0.39 is 0 Å². The zero-order chi connectivity index (χ0) is 16.1. The topological polar surface area (TPSA) is 71.5 Å². The van der Waals surface area contributed by atoms with Crippen molar-refractivity contribution >= 4 is 18.6 Å². The molecule has 6 heteroatoms. The Kier molecular flexibility index (Phi) is 4.52. The SMILES string of the molecule is O=CNc1cc(OC2=CC3=C(CC=C2)N(C=O)CCC3)ccn1. The molecule has 0 spiro atoms. The van der Waals surface area contributed by atoms with E-state index in [1.54, 1.807) is 23.2 Å². The lowest BCUT2D eigenvalue weighted by Crippen LogP contribution is -2.27. The Labute approximate surface area is 134 Å². The second kappa shape index (κ2) is 6.91. The van der Waals surface area contributed by atoms with Crippen molar-refractivity contribution in [1.82, 2.24) is 9.88 Å². The number of anilines is 1. The average Bonchev–Trinajstić information content (AvgIpc) is 2.77. The maximum absolute atomic E-state index is 11.2. The summed E-state index contributed by atoms with van der Waals surface area (Å²) in [5, 5.41) is 2.49. The van der Waals surface area contributed by atoms with Crippen molar-refractivity contribution in [2.75, 3.05) is 11.9 Å². The summed E-state index contributed by atoms with van der Waals surface area (Å²) < 4.78 is 5.88. The third-order valence-electron chi connectivity index (χ3n) is 3.77. The van der Waals surface area contributed by atoms with Crippen molar-refractivity contribution in [3.63, 3.8) is 0 Å². The number of hydrogen-bond acceptors (Lipinski definition) is 4. The molecule has 1 N–H and O–H groups in total. The van der Waals surface area contributed by atoms with Crippen molar-refractivity contribution in [2.24, 2.45) is 0 Å². The molecular weight excluding hydrogens is 294 g/mol. The molecule has 0 atom stereocenters. The Balaban J connectivity index is 1.84. The smallest absolute Gasteiger partial charge is 0.213 e. The van der Waals surface area contributed by atoms with E-state index in [1.807, 2.05) is 18.2 Å². The van der Waals surface area contributed by atoms with Crippen LogP contribution in [0.5, 0.6) is 5.75 Å². The molecule has 0 aromatic carbocycles. The standard InChI is InChI=1S/C17H17N3O3/c21-11-19-17-10-15(6-7-18-17)23-14-4-1-5-16-13(9-14)3-2-8-20(16)12-22/h1,4,6-7,9-12H,2-3,5,8H2,(H,18,19,21). The molecule has 6 nitrogen and oxygen atoms in total. The molecule has 0 fully saturated rings. The van der Waals surface area contributed by atoms with Crippen LogP contribution in [0.25, 0.3) is 0 Å². The number of carbonyl (C=O) groups excluding carboxylic acids is 2. The molecule has 1 aliphatic carbocycles. The maximum Gasteiger partial charge on any atom is 0.213 e. The first-order chi connectivity index (χ1) is 11.3. The summed E-state index contributed by atoms with van der Waals surface area (Å²) >= 11 is 0. The predicted octanol–water partition coefficient (Wildman–Crippen LogP) is 2.38. The molecule has 0 bridgehead atoms. The third kappa shape index (κ3) is 3.48. The largest absolute Gasteiger partial charge is 0.457 e. The number of ether oxygens (including phenoxy) is 1. The van der Waals surface area contributed by atoms with Gasteiger partial charge in [0.2, 0.25) is 12.8 Å². The van der Waals surface area contributed by atoms with Crippen LogP contribution in [0.1, 0.15) is 19.3 Å². The van der Waals surface area contributed by atoms with E-state index in [2.05, 4.69) is 10.3 Å². The molecule has 1 aromatic rings. The first kappa shape index (κ1) is 15.0. The quantitative estimate of drug-likeness (QED) is 0.848. The number of aromatic nitrogens is 1. The third-order valence-corrected chi connectivity index (χ3v) is 3.77. The maximum atomic E-state index is 11.2. The Bertz CT molecular complexity index is 707. The molecule has 0 saturated heterocycles. The lowest BCUT2D eigenvalue weighted by atomic mass is 10.0. The molecule has 0 unspecified atom stereocenters. The van der Waals surface area contributed by atoms with Gasteiger partial charge in [-0.2, -0.15) is 0 Å². The van der Waals surface area contributed by atoms with E-state index in [4.69, 9.17) is 4.74 Å². The van der Waals surface area contributed by atoms with Gasteiger partial charge in [-0.25, -0.2) is 4.98 Å². The van der Waals surface area contributed by atoms with Crippen LogP contribution in [0, 0.1) is 0 Å². The summed E-state index contributed by atoms with van der Waals surface area (Å²) in [6.07, 6.45) is 11.5. The second-order valence-electron chi connectivity index (χ2n) is 5.27. The summed E-state index contributed by atoms with van der Waals surface area (Å²) in [6, 6.07) is 3.38. The fraction of sp³-hybridized carbons (Fsp3) is 0.235. The van der Waals surface area contributed by atoms with Gasteiger partial charge in [0.1, 0.15) is 17.3 Å². The molecule has 1 aliphatic heterocycles.